The van der Waals surface area contributed by atoms with Crippen LogP contribution in [0.3, 0.4) is 0 Å². The number of rotatable bonds is 2. The first-order valence-electron chi connectivity index (χ1n) is 3.95. The number of aromatic amines is 1. The molecule has 0 aromatic carbocycles. The van der Waals surface area contributed by atoms with Crippen molar-refractivity contribution < 1.29 is 4.79 Å². The lowest BCUT2D eigenvalue weighted by Gasteiger charge is -1.91. The second kappa shape index (κ2) is 2.59. The lowest BCUT2D eigenvalue weighted by atomic mass is 10.2. The number of carbonyl (C=O) groups excluding carboxylic acids is 1. The van der Waals surface area contributed by atoms with Crippen LogP contribution < -0.4 is 0 Å². The fourth-order valence-corrected chi connectivity index (χ4v) is 1.59. The summed E-state index contributed by atoms with van der Waals surface area (Å²) >= 11 is 5.94. The summed E-state index contributed by atoms with van der Waals surface area (Å²) in [5.41, 5.74) is 1.31. The third-order valence-corrected chi connectivity index (χ3v) is 2.43. The maximum absolute atomic E-state index is 11.0. The van der Waals surface area contributed by atoms with Crippen molar-refractivity contribution in [2.24, 2.45) is 0 Å². The van der Waals surface area contributed by atoms with Gasteiger partial charge in [0.15, 0.2) is 5.78 Å². The zero-order valence-electron chi connectivity index (χ0n) is 6.72. The second-order valence-electron chi connectivity index (χ2n) is 3.13. The van der Waals surface area contributed by atoms with Crippen molar-refractivity contribution in [2.75, 3.05) is 0 Å². The second-order valence-corrected chi connectivity index (χ2v) is 3.51. The lowest BCUT2D eigenvalue weighted by Crippen LogP contribution is -1.92. The molecule has 0 unspecified atom stereocenters. The van der Waals surface area contributed by atoms with Gasteiger partial charge in [-0.3, -0.25) is 9.89 Å². The third kappa shape index (κ3) is 1.14. The van der Waals surface area contributed by atoms with Gasteiger partial charge >= 0.3 is 0 Å². The average molecular weight is 185 g/mol. The normalized spacial score (nSPS) is 16.5. The Kier molecular flexibility index (Phi) is 1.68. The summed E-state index contributed by atoms with van der Waals surface area (Å²) in [6, 6.07) is 0. The predicted octanol–water partition coefficient (Wildman–Crippen LogP) is 2.14. The van der Waals surface area contributed by atoms with Gasteiger partial charge in [0.2, 0.25) is 0 Å². The van der Waals surface area contributed by atoms with E-state index in [1.165, 1.54) is 6.92 Å². The Morgan fingerprint density at radius 1 is 1.67 bits per heavy atom. The number of ketones is 1. The van der Waals surface area contributed by atoms with E-state index in [1.807, 2.05) is 0 Å². The Morgan fingerprint density at radius 2 is 2.33 bits per heavy atom. The van der Waals surface area contributed by atoms with Crippen LogP contribution in [-0.2, 0) is 0 Å². The molecule has 0 aliphatic heterocycles. The highest BCUT2D eigenvalue weighted by Gasteiger charge is 2.29. The van der Waals surface area contributed by atoms with E-state index in [0.29, 0.717) is 16.6 Å². The first kappa shape index (κ1) is 7.80. The van der Waals surface area contributed by atoms with Crippen LogP contribution >= 0.6 is 11.6 Å². The smallest absolute Gasteiger partial charge is 0.181 e. The van der Waals surface area contributed by atoms with E-state index in [2.05, 4.69) is 10.2 Å². The number of carbonyl (C=O) groups is 1. The number of halogens is 1. The molecule has 3 nitrogen and oxygen atoms in total. The highest BCUT2D eigenvalue weighted by molar-refractivity contribution is 6.34. The van der Waals surface area contributed by atoms with Gasteiger partial charge in [-0.2, -0.15) is 5.10 Å². The number of hydrogen-bond donors (Lipinski definition) is 1. The van der Waals surface area contributed by atoms with Crippen LogP contribution in [0, 0.1) is 0 Å². The number of nitrogens with one attached hydrogen (secondary N) is 1. The number of Topliss-reactive ketones (excluding diaryl/α,β-unsaturated/α-hetero) is 1. The standard InChI is InChI=1S/C8H9ClN2O/c1-4(12)7-6(9)8(11-10-7)5-2-3-5/h5H,2-3H2,1H3,(H,10,11). The van der Waals surface area contributed by atoms with Gasteiger partial charge in [0.05, 0.1) is 10.7 Å². The SMILES string of the molecule is CC(=O)c1n[nH]c(C2CC2)c1Cl. The Hall–Kier alpha value is -0.830. The van der Waals surface area contributed by atoms with E-state index in [4.69, 9.17) is 11.6 Å². The molecule has 1 aliphatic rings. The van der Waals surface area contributed by atoms with E-state index in [9.17, 15) is 4.79 Å². The molecule has 2 rings (SSSR count). The van der Waals surface area contributed by atoms with Gasteiger partial charge in [-0.1, -0.05) is 11.6 Å². The molecule has 4 heteroatoms. The number of hydrogen-bond acceptors (Lipinski definition) is 2. The maximum atomic E-state index is 11.0. The van der Waals surface area contributed by atoms with Crippen molar-refractivity contribution in [3.05, 3.63) is 16.4 Å². The van der Waals surface area contributed by atoms with Gasteiger partial charge in [0, 0.05) is 12.8 Å². The largest absolute Gasteiger partial charge is 0.293 e. The van der Waals surface area contributed by atoms with Gasteiger partial charge in [-0.05, 0) is 12.8 Å². The van der Waals surface area contributed by atoms with E-state index >= 15 is 0 Å². The molecule has 64 valence electrons. The number of nitrogens with zero attached hydrogens (tertiary/aromatic N) is 1. The number of H-pyrrole nitrogens is 1. The lowest BCUT2D eigenvalue weighted by molar-refractivity contribution is 0.101. The van der Waals surface area contributed by atoms with E-state index in [-0.39, 0.29) is 5.78 Å². The first-order valence-corrected chi connectivity index (χ1v) is 4.32. The molecule has 0 bridgehead atoms. The average Bonchev–Trinajstić information content (AvgIpc) is 2.75. The van der Waals surface area contributed by atoms with Gasteiger partial charge < -0.3 is 0 Å². The summed E-state index contributed by atoms with van der Waals surface area (Å²) in [6.07, 6.45) is 2.30. The van der Waals surface area contributed by atoms with Crippen LogP contribution in [0.15, 0.2) is 0 Å². The van der Waals surface area contributed by atoms with Gasteiger partial charge in [-0.25, -0.2) is 0 Å². The molecule has 1 saturated carbocycles. The summed E-state index contributed by atoms with van der Waals surface area (Å²) in [6.45, 7) is 1.47. The Morgan fingerprint density at radius 3 is 2.75 bits per heavy atom. The topological polar surface area (TPSA) is 45.8 Å². The summed E-state index contributed by atoms with van der Waals surface area (Å²) < 4.78 is 0. The van der Waals surface area contributed by atoms with E-state index < -0.39 is 0 Å². The van der Waals surface area contributed by atoms with Crippen molar-refractivity contribution in [1.29, 1.82) is 0 Å². The molecule has 12 heavy (non-hydrogen) atoms. The Balaban J connectivity index is 2.39. The van der Waals surface area contributed by atoms with Gasteiger partial charge in [0.25, 0.3) is 0 Å². The maximum Gasteiger partial charge on any atom is 0.181 e. The fraction of sp³-hybridized carbons (Fsp3) is 0.500. The van der Waals surface area contributed by atoms with Crippen molar-refractivity contribution >= 4 is 17.4 Å². The molecule has 1 N–H and O–H groups in total. The molecule has 1 aromatic heterocycles. The zero-order valence-corrected chi connectivity index (χ0v) is 7.48. The minimum absolute atomic E-state index is 0.0804. The van der Waals surface area contributed by atoms with Crippen LogP contribution in [0.1, 0.15) is 41.9 Å². The van der Waals surface area contributed by atoms with E-state index in [1.54, 1.807) is 0 Å². The van der Waals surface area contributed by atoms with Crippen LogP contribution in [-0.4, -0.2) is 16.0 Å². The Bertz CT molecular complexity index is 328. The van der Waals surface area contributed by atoms with Gasteiger partial charge in [-0.15, -0.1) is 0 Å². The van der Waals surface area contributed by atoms with Crippen LogP contribution in [0.5, 0.6) is 0 Å². The molecule has 0 amide bonds. The van der Waals surface area contributed by atoms with Crippen molar-refractivity contribution in [1.82, 2.24) is 10.2 Å². The monoisotopic (exact) mass is 184 g/mol. The molecule has 0 saturated heterocycles. The van der Waals surface area contributed by atoms with Gasteiger partial charge in [0.1, 0.15) is 5.69 Å². The summed E-state index contributed by atoms with van der Waals surface area (Å²) in [4.78, 5) is 11.0. The minimum atomic E-state index is -0.0804. The summed E-state index contributed by atoms with van der Waals surface area (Å²) in [5.74, 6) is 0.432. The summed E-state index contributed by atoms with van der Waals surface area (Å²) in [7, 11) is 0. The van der Waals surface area contributed by atoms with Crippen molar-refractivity contribution in [2.45, 2.75) is 25.7 Å². The van der Waals surface area contributed by atoms with Crippen LogP contribution in [0.4, 0.5) is 0 Å². The molecule has 1 aliphatic carbocycles. The molecule has 1 heterocycles. The fourth-order valence-electron chi connectivity index (χ4n) is 1.22. The Labute approximate surface area is 75.1 Å². The molecule has 1 fully saturated rings. The molecule has 0 radical (unpaired) electrons. The molecule has 1 aromatic rings. The van der Waals surface area contributed by atoms with Crippen LogP contribution in [0.2, 0.25) is 5.02 Å². The molecule has 0 spiro atoms. The highest BCUT2D eigenvalue weighted by atomic mass is 35.5. The first-order chi connectivity index (χ1) is 5.70. The van der Waals surface area contributed by atoms with Crippen LogP contribution in [0.25, 0.3) is 0 Å². The highest BCUT2D eigenvalue weighted by Crippen LogP contribution is 2.42. The van der Waals surface area contributed by atoms with Crippen molar-refractivity contribution in [3.63, 3.8) is 0 Å². The molecular weight excluding hydrogens is 176 g/mol. The third-order valence-electron chi connectivity index (χ3n) is 2.05. The number of aromatic nitrogens is 2. The minimum Gasteiger partial charge on any atom is -0.293 e. The van der Waals surface area contributed by atoms with E-state index in [0.717, 1.165) is 18.5 Å². The summed E-state index contributed by atoms with van der Waals surface area (Å²) in [5, 5.41) is 7.20. The quantitative estimate of drug-likeness (QED) is 0.716. The predicted molar refractivity (Wildman–Crippen MR) is 45.6 cm³/mol. The zero-order chi connectivity index (χ0) is 8.72. The molecular formula is C8H9ClN2O. The van der Waals surface area contributed by atoms with Crippen molar-refractivity contribution in [3.8, 4) is 0 Å². The molecule has 0 atom stereocenters.